The van der Waals surface area contributed by atoms with Crippen LogP contribution in [0.15, 0.2) is 53.4 Å². The fourth-order valence-electron chi connectivity index (χ4n) is 4.97. The zero-order valence-electron chi connectivity index (χ0n) is 19.5. The number of hydrogen-bond acceptors (Lipinski definition) is 6. The highest BCUT2D eigenvalue weighted by Gasteiger charge is 2.34. The van der Waals surface area contributed by atoms with Crippen molar-refractivity contribution in [3.8, 4) is 16.9 Å². The Morgan fingerprint density at radius 1 is 0.914 bits per heavy atom. The van der Waals surface area contributed by atoms with Gasteiger partial charge in [-0.15, -0.1) is 0 Å². The SMILES string of the molecule is O=C(c1nn(-c2ccc(CN3CCOCC3)cc2)c2c1CS(=O)c1ccccc1-2)N1CCOCC1. The molecule has 1 atom stereocenters. The van der Waals surface area contributed by atoms with Gasteiger partial charge in [0.05, 0.1) is 54.4 Å². The van der Waals surface area contributed by atoms with Crippen LogP contribution >= 0.6 is 0 Å². The van der Waals surface area contributed by atoms with Gasteiger partial charge in [0.1, 0.15) is 0 Å². The van der Waals surface area contributed by atoms with Crippen molar-refractivity contribution >= 4 is 16.7 Å². The minimum Gasteiger partial charge on any atom is -0.379 e. The quantitative estimate of drug-likeness (QED) is 0.557. The molecule has 9 heteroatoms. The third kappa shape index (κ3) is 4.33. The first-order valence-electron chi connectivity index (χ1n) is 12.0. The Kier molecular flexibility index (Phi) is 6.24. The molecular formula is C26H28N4O4S. The predicted molar refractivity (Wildman–Crippen MR) is 132 cm³/mol. The van der Waals surface area contributed by atoms with Crippen molar-refractivity contribution in [2.45, 2.75) is 17.2 Å². The van der Waals surface area contributed by atoms with Crippen LogP contribution in [0.25, 0.3) is 16.9 Å². The topological polar surface area (TPSA) is 76.9 Å². The Balaban J connectivity index is 1.40. The molecule has 6 rings (SSSR count). The molecule has 1 amide bonds. The zero-order chi connectivity index (χ0) is 23.8. The highest BCUT2D eigenvalue weighted by molar-refractivity contribution is 7.84. The molecule has 182 valence electrons. The van der Waals surface area contributed by atoms with E-state index >= 15 is 0 Å². The number of amides is 1. The van der Waals surface area contributed by atoms with E-state index in [0.717, 1.165) is 60.3 Å². The number of hydrogen-bond donors (Lipinski definition) is 0. The molecule has 0 bridgehead atoms. The van der Waals surface area contributed by atoms with E-state index in [1.807, 2.05) is 28.9 Å². The molecule has 0 aliphatic carbocycles. The van der Waals surface area contributed by atoms with Crippen LogP contribution < -0.4 is 0 Å². The third-order valence-corrected chi connectivity index (χ3v) is 8.24. The second-order valence-electron chi connectivity index (χ2n) is 9.03. The highest BCUT2D eigenvalue weighted by Crippen LogP contribution is 2.39. The molecule has 2 fully saturated rings. The molecule has 0 spiro atoms. The fourth-order valence-corrected chi connectivity index (χ4v) is 6.30. The van der Waals surface area contributed by atoms with Crippen LogP contribution in [0.1, 0.15) is 21.6 Å². The van der Waals surface area contributed by atoms with Gasteiger partial charge >= 0.3 is 0 Å². The van der Waals surface area contributed by atoms with Gasteiger partial charge in [-0.3, -0.25) is 13.9 Å². The van der Waals surface area contributed by atoms with Crippen molar-refractivity contribution < 1.29 is 18.5 Å². The first-order valence-corrected chi connectivity index (χ1v) is 13.4. The number of benzene rings is 2. The van der Waals surface area contributed by atoms with Crippen LogP contribution in [0.2, 0.25) is 0 Å². The van der Waals surface area contributed by atoms with Gasteiger partial charge in [-0.05, 0) is 23.8 Å². The summed E-state index contributed by atoms with van der Waals surface area (Å²) < 4.78 is 25.8. The number of fused-ring (bicyclic) bond motifs is 3. The molecule has 3 aliphatic rings. The Labute approximate surface area is 206 Å². The lowest BCUT2D eigenvalue weighted by atomic mass is 10.0. The molecule has 1 unspecified atom stereocenters. The van der Waals surface area contributed by atoms with Gasteiger partial charge in [0.25, 0.3) is 5.91 Å². The Hall–Kier alpha value is -2.85. The summed E-state index contributed by atoms with van der Waals surface area (Å²) in [6.45, 7) is 6.43. The lowest BCUT2D eigenvalue weighted by Crippen LogP contribution is -2.41. The van der Waals surface area contributed by atoms with Crippen molar-refractivity contribution in [2.24, 2.45) is 0 Å². The van der Waals surface area contributed by atoms with Gasteiger partial charge in [0.2, 0.25) is 0 Å². The van der Waals surface area contributed by atoms with E-state index in [-0.39, 0.29) is 11.7 Å². The predicted octanol–water partition coefficient (Wildman–Crippen LogP) is 2.47. The van der Waals surface area contributed by atoms with Crippen molar-refractivity contribution in [1.82, 2.24) is 19.6 Å². The summed E-state index contributed by atoms with van der Waals surface area (Å²) in [6, 6.07) is 16.1. The fraction of sp³-hybridized carbons (Fsp3) is 0.385. The molecule has 4 heterocycles. The minimum atomic E-state index is -1.22. The Morgan fingerprint density at radius 2 is 1.60 bits per heavy atom. The molecule has 2 aromatic carbocycles. The second kappa shape index (κ2) is 9.66. The maximum absolute atomic E-state index is 13.5. The maximum Gasteiger partial charge on any atom is 0.274 e. The van der Waals surface area contributed by atoms with Crippen LogP contribution in [0.5, 0.6) is 0 Å². The first-order chi connectivity index (χ1) is 17.2. The summed E-state index contributed by atoms with van der Waals surface area (Å²) in [5.74, 6) is 0.163. The molecule has 1 aromatic heterocycles. The lowest BCUT2D eigenvalue weighted by Gasteiger charge is -2.26. The van der Waals surface area contributed by atoms with E-state index in [1.54, 1.807) is 4.90 Å². The second-order valence-corrected chi connectivity index (χ2v) is 10.5. The third-order valence-electron chi connectivity index (χ3n) is 6.84. The zero-order valence-corrected chi connectivity index (χ0v) is 20.3. The molecular weight excluding hydrogens is 464 g/mol. The van der Waals surface area contributed by atoms with Crippen LogP contribution in [-0.2, 0) is 32.6 Å². The van der Waals surface area contributed by atoms with Gasteiger partial charge in [-0.1, -0.05) is 30.3 Å². The van der Waals surface area contributed by atoms with Crippen LogP contribution in [0.3, 0.4) is 0 Å². The number of ether oxygens (including phenoxy) is 2. The molecule has 0 radical (unpaired) electrons. The summed E-state index contributed by atoms with van der Waals surface area (Å²) >= 11 is 0. The average molecular weight is 493 g/mol. The van der Waals surface area contributed by atoms with E-state index in [4.69, 9.17) is 14.6 Å². The number of nitrogens with zero attached hydrogens (tertiary/aromatic N) is 4. The molecule has 8 nitrogen and oxygen atoms in total. The Morgan fingerprint density at radius 3 is 2.34 bits per heavy atom. The number of rotatable bonds is 4. The van der Waals surface area contributed by atoms with Gasteiger partial charge in [-0.2, -0.15) is 5.10 Å². The molecule has 0 N–H and O–H groups in total. The maximum atomic E-state index is 13.5. The van der Waals surface area contributed by atoms with Gasteiger partial charge < -0.3 is 14.4 Å². The Bertz CT molecular complexity index is 1260. The van der Waals surface area contributed by atoms with E-state index in [1.165, 1.54) is 5.56 Å². The van der Waals surface area contributed by atoms with Crippen molar-refractivity contribution in [1.29, 1.82) is 0 Å². The smallest absolute Gasteiger partial charge is 0.274 e. The van der Waals surface area contributed by atoms with Crippen LogP contribution in [-0.4, -0.2) is 82.3 Å². The number of carbonyl (C=O) groups excluding carboxylic acids is 1. The number of morpholine rings is 2. The van der Waals surface area contributed by atoms with Crippen molar-refractivity contribution in [3.63, 3.8) is 0 Å². The molecule has 3 aromatic rings. The first kappa shape index (κ1) is 22.6. The van der Waals surface area contributed by atoms with Gasteiger partial charge in [0, 0.05) is 48.7 Å². The number of carbonyl (C=O) groups is 1. The van der Waals surface area contributed by atoms with Crippen molar-refractivity contribution in [2.75, 3.05) is 52.6 Å². The average Bonchev–Trinajstić information content (AvgIpc) is 3.29. The summed E-state index contributed by atoms with van der Waals surface area (Å²) in [6.07, 6.45) is 0. The monoisotopic (exact) mass is 492 g/mol. The number of aromatic nitrogens is 2. The van der Waals surface area contributed by atoms with Crippen molar-refractivity contribution in [3.05, 3.63) is 65.4 Å². The summed E-state index contributed by atoms with van der Waals surface area (Å²) in [7, 11) is -1.22. The molecule has 35 heavy (non-hydrogen) atoms. The molecule has 0 saturated carbocycles. The lowest BCUT2D eigenvalue weighted by molar-refractivity contribution is 0.0298. The van der Waals surface area contributed by atoms with Crippen LogP contribution in [0.4, 0.5) is 0 Å². The van der Waals surface area contributed by atoms with Crippen LogP contribution in [0, 0.1) is 0 Å². The standard InChI is InChI=1S/C26H28N4O4S/c31-26(29-11-15-34-16-12-29)24-22-18-35(32)23-4-2-1-3-21(23)25(22)30(27-24)20-7-5-19(6-8-20)17-28-9-13-33-14-10-28/h1-8H,9-18H2. The van der Waals surface area contributed by atoms with E-state index in [2.05, 4.69) is 29.2 Å². The van der Waals surface area contributed by atoms with Gasteiger partial charge in [0.15, 0.2) is 5.69 Å². The molecule has 2 saturated heterocycles. The van der Waals surface area contributed by atoms with Gasteiger partial charge in [-0.25, -0.2) is 4.68 Å². The van der Waals surface area contributed by atoms with E-state index in [0.29, 0.717) is 32.0 Å². The normalized spacial score (nSPS) is 20.3. The highest BCUT2D eigenvalue weighted by atomic mass is 32.2. The summed E-state index contributed by atoms with van der Waals surface area (Å²) in [5, 5.41) is 4.84. The molecule has 3 aliphatic heterocycles. The van der Waals surface area contributed by atoms with E-state index < -0.39 is 10.8 Å². The largest absolute Gasteiger partial charge is 0.379 e. The summed E-state index contributed by atoms with van der Waals surface area (Å²) in [4.78, 5) is 18.4. The summed E-state index contributed by atoms with van der Waals surface area (Å²) in [5.41, 5.74) is 4.99. The van der Waals surface area contributed by atoms with E-state index in [9.17, 15) is 9.00 Å². The minimum absolute atomic E-state index is 0.122.